The maximum atomic E-state index is 12.9. The van der Waals surface area contributed by atoms with Crippen molar-refractivity contribution in [1.29, 1.82) is 0 Å². The van der Waals surface area contributed by atoms with Crippen LogP contribution in [-0.4, -0.2) is 54.5 Å². The maximum Gasteiger partial charge on any atom is 0.222 e. The number of likely N-dealkylation sites (tertiary alicyclic amines) is 2. The van der Waals surface area contributed by atoms with Crippen LogP contribution in [0.1, 0.15) is 38.5 Å². The molecule has 1 saturated carbocycles. The molecule has 0 aromatic heterocycles. The summed E-state index contributed by atoms with van der Waals surface area (Å²) in [5.74, 6) is 0.846. The van der Waals surface area contributed by atoms with Crippen LogP contribution in [-0.2, 0) is 4.79 Å². The van der Waals surface area contributed by atoms with Crippen molar-refractivity contribution in [2.45, 2.75) is 44.6 Å². The monoisotopic (exact) mass is 346 g/mol. The van der Waals surface area contributed by atoms with Crippen molar-refractivity contribution in [3.63, 3.8) is 0 Å². The first-order chi connectivity index (χ1) is 12.1. The van der Waals surface area contributed by atoms with Crippen molar-refractivity contribution in [3.05, 3.63) is 30.1 Å². The Kier molecular flexibility index (Phi) is 4.67. The number of nitrogens with zero attached hydrogens (tertiary/aromatic N) is 2. The van der Waals surface area contributed by atoms with Crippen molar-refractivity contribution in [2.75, 3.05) is 32.8 Å². The van der Waals surface area contributed by atoms with Gasteiger partial charge in [-0.2, -0.15) is 0 Å². The molecule has 3 aliphatic rings. The van der Waals surface area contributed by atoms with E-state index in [1.165, 1.54) is 37.8 Å². The second-order valence-electron chi connectivity index (χ2n) is 7.93. The summed E-state index contributed by atoms with van der Waals surface area (Å²) in [5, 5.41) is 0. The van der Waals surface area contributed by atoms with E-state index >= 15 is 0 Å². The highest BCUT2D eigenvalue weighted by atomic mass is 19.1. The summed E-state index contributed by atoms with van der Waals surface area (Å²) in [6, 6.07) is 6.73. The van der Waals surface area contributed by atoms with E-state index < -0.39 is 0 Å². The fourth-order valence-electron chi connectivity index (χ4n) is 4.42. The van der Waals surface area contributed by atoms with Crippen LogP contribution < -0.4 is 4.74 Å². The van der Waals surface area contributed by atoms with Gasteiger partial charge < -0.3 is 9.64 Å². The van der Waals surface area contributed by atoms with Gasteiger partial charge in [0.25, 0.3) is 0 Å². The zero-order valence-corrected chi connectivity index (χ0v) is 14.8. The summed E-state index contributed by atoms with van der Waals surface area (Å²) in [6.45, 7) is 4.62. The first-order valence-corrected chi connectivity index (χ1v) is 9.54. The second kappa shape index (κ2) is 6.94. The zero-order valence-electron chi connectivity index (χ0n) is 14.8. The number of piperidine rings is 2. The molecule has 1 atom stereocenters. The van der Waals surface area contributed by atoms with Gasteiger partial charge in [0.05, 0.1) is 0 Å². The summed E-state index contributed by atoms with van der Waals surface area (Å²) in [5.41, 5.74) is 0.282. The zero-order chi connectivity index (χ0) is 17.3. The molecule has 2 saturated heterocycles. The summed E-state index contributed by atoms with van der Waals surface area (Å²) in [4.78, 5) is 16.9. The molecule has 1 aromatic carbocycles. The first-order valence-electron chi connectivity index (χ1n) is 9.54. The number of carbonyl (C=O) groups excluding carboxylic acids is 1. The second-order valence-corrected chi connectivity index (χ2v) is 7.93. The third kappa shape index (κ3) is 3.97. The molecule has 2 heterocycles. The SMILES string of the molecule is O=C1CC[C@]2(CCCN(CCOc3ccc(F)cc3)C2)CN1C1CC1. The third-order valence-electron chi connectivity index (χ3n) is 5.91. The van der Waals surface area contributed by atoms with E-state index in [0.29, 0.717) is 18.6 Å². The highest BCUT2D eigenvalue weighted by molar-refractivity contribution is 5.78. The molecule has 0 unspecified atom stereocenters. The van der Waals surface area contributed by atoms with E-state index in [4.69, 9.17) is 4.74 Å². The molecule has 1 aromatic rings. The first kappa shape index (κ1) is 16.8. The van der Waals surface area contributed by atoms with Gasteiger partial charge in [-0.25, -0.2) is 4.39 Å². The molecule has 3 fully saturated rings. The predicted octanol–water partition coefficient (Wildman–Crippen LogP) is 3.07. The maximum absolute atomic E-state index is 12.9. The molecule has 0 bridgehead atoms. The van der Waals surface area contributed by atoms with Crippen molar-refractivity contribution in [3.8, 4) is 5.75 Å². The van der Waals surface area contributed by atoms with Crippen LogP contribution in [0.25, 0.3) is 0 Å². The molecule has 136 valence electrons. The molecule has 2 aliphatic heterocycles. The van der Waals surface area contributed by atoms with Crippen LogP contribution in [0.4, 0.5) is 4.39 Å². The van der Waals surface area contributed by atoms with Crippen LogP contribution >= 0.6 is 0 Å². The van der Waals surface area contributed by atoms with Crippen molar-refractivity contribution < 1.29 is 13.9 Å². The molecule has 0 radical (unpaired) electrons. The third-order valence-corrected chi connectivity index (χ3v) is 5.91. The normalized spacial score (nSPS) is 27.7. The van der Waals surface area contributed by atoms with E-state index in [1.807, 2.05) is 0 Å². The lowest BCUT2D eigenvalue weighted by molar-refractivity contribution is -0.140. The lowest BCUT2D eigenvalue weighted by Crippen LogP contribution is -2.55. The topological polar surface area (TPSA) is 32.8 Å². The molecule has 4 nitrogen and oxygen atoms in total. The standard InChI is InChI=1S/C20H27FN2O2/c21-16-2-6-18(7-3-16)25-13-12-22-11-1-9-20(14-22)10-8-19(24)23(15-20)17-4-5-17/h2-3,6-7,17H,1,4-5,8-15H2/t20-/m0/s1. The van der Waals surface area contributed by atoms with E-state index in [-0.39, 0.29) is 11.2 Å². The van der Waals surface area contributed by atoms with Crippen LogP contribution in [0.2, 0.25) is 0 Å². The highest BCUT2D eigenvalue weighted by Crippen LogP contribution is 2.42. The number of amides is 1. The quantitative estimate of drug-likeness (QED) is 0.821. The molecule has 25 heavy (non-hydrogen) atoms. The van der Waals surface area contributed by atoms with Crippen LogP contribution in [0.15, 0.2) is 24.3 Å². The van der Waals surface area contributed by atoms with Crippen LogP contribution in [0.3, 0.4) is 0 Å². The van der Waals surface area contributed by atoms with Crippen molar-refractivity contribution >= 4 is 5.91 Å². The van der Waals surface area contributed by atoms with Gasteiger partial charge in [-0.1, -0.05) is 0 Å². The number of hydrogen-bond acceptors (Lipinski definition) is 3. The number of rotatable bonds is 5. The minimum absolute atomic E-state index is 0.239. The number of carbonyl (C=O) groups is 1. The van der Waals surface area contributed by atoms with Crippen molar-refractivity contribution in [2.24, 2.45) is 5.41 Å². The summed E-state index contributed by atoms with van der Waals surface area (Å²) >= 11 is 0. The van der Waals surface area contributed by atoms with Gasteiger partial charge in [-0.3, -0.25) is 9.69 Å². The fourth-order valence-corrected chi connectivity index (χ4v) is 4.42. The van der Waals surface area contributed by atoms with Gasteiger partial charge in [-0.15, -0.1) is 0 Å². The van der Waals surface area contributed by atoms with Gasteiger partial charge in [0.15, 0.2) is 0 Å². The van der Waals surface area contributed by atoms with E-state index in [1.54, 1.807) is 12.1 Å². The van der Waals surface area contributed by atoms with Gasteiger partial charge in [-0.05, 0) is 62.9 Å². The Morgan fingerprint density at radius 2 is 1.96 bits per heavy atom. The summed E-state index contributed by atoms with van der Waals surface area (Å²) < 4.78 is 18.7. The van der Waals surface area contributed by atoms with Crippen LogP contribution in [0.5, 0.6) is 5.75 Å². The molecule has 1 aliphatic carbocycles. The van der Waals surface area contributed by atoms with E-state index in [2.05, 4.69) is 9.80 Å². The Morgan fingerprint density at radius 1 is 1.16 bits per heavy atom. The minimum Gasteiger partial charge on any atom is -0.492 e. The number of benzene rings is 1. The summed E-state index contributed by atoms with van der Waals surface area (Å²) in [6.07, 6.45) is 6.57. The Labute approximate surface area is 148 Å². The Morgan fingerprint density at radius 3 is 2.72 bits per heavy atom. The van der Waals surface area contributed by atoms with Gasteiger partial charge in [0.1, 0.15) is 18.2 Å². The minimum atomic E-state index is -0.239. The predicted molar refractivity (Wildman–Crippen MR) is 94.0 cm³/mol. The lowest BCUT2D eigenvalue weighted by atomic mass is 9.73. The highest BCUT2D eigenvalue weighted by Gasteiger charge is 2.45. The number of hydrogen-bond donors (Lipinski definition) is 0. The van der Waals surface area contributed by atoms with E-state index in [0.717, 1.165) is 44.8 Å². The molecular formula is C20H27FN2O2. The number of ether oxygens (including phenoxy) is 1. The van der Waals surface area contributed by atoms with Crippen LogP contribution in [0, 0.1) is 11.2 Å². The largest absolute Gasteiger partial charge is 0.492 e. The smallest absolute Gasteiger partial charge is 0.222 e. The molecule has 1 spiro atoms. The van der Waals surface area contributed by atoms with Gasteiger partial charge >= 0.3 is 0 Å². The Hall–Kier alpha value is -1.62. The molecule has 4 rings (SSSR count). The van der Waals surface area contributed by atoms with Crippen molar-refractivity contribution in [1.82, 2.24) is 9.80 Å². The molecule has 5 heteroatoms. The molecular weight excluding hydrogens is 319 g/mol. The van der Waals surface area contributed by atoms with Gasteiger partial charge in [0, 0.05) is 37.5 Å². The fraction of sp³-hybridized carbons (Fsp3) is 0.650. The molecule has 1 amide bonds. The average molecular weight is 346 g/mol. The summed E-state index contributed by atoms with van der Waals surface area (Å²) in [7, 11) is 0. The molecule has 0 N–H and O–H groups in total. The van der Waals surface area contributed by atoms with E-state index in [9.17, 15) is 9.18 Å². The average Bonchev–Trinajstić information content (AvgIpc) is 3.45. The number of halogens is 1. The Bertz CT molecular complexity index is 617. The Balaban J connectivity index is 1.30. The van der Waals surface area contributed by atoms with Gasteiger partial charge in [0.2, 0.25) is 5.91 Å². The lowest BCUT2D eigenvalue weighted by Gasteiger charge is -2.48.